The summed E-state index contributed by atoms with van der Waals surface area (Å²) >= 11 is 3.35. The van der Waals surface area contributed by atoms with Crippen molar-refractivity contribution >= 4 is 32.8 Å². The van der Waals surface area contributed by atoms with Gasteiger partial charge in [-0.1, -0.05) is 28.1 Å². The molecule has 5 nitrogen and oxygen atoms in total. The normalized spacial score (nSPS) is 10.7. The van der Waals surface area contributed by atoms with Crippen molar-refractivity contribution in [3.05, 3.63) is 69.2 Å². The Kier molecular flexibility index (Phi) is 4.25. The summed E-state index contributed by atoms with van der Waals surface area (Å²) in [7, 11) is 0. The highest BCUT2D eigenvalue weighted by Gasteiger charge is 2.19. The van der Waals surface area contributed by atoms with E-state index in [9.17, 15) is 9.59 Å². The number of nitrogens with zero attached hydrogens (tertiary/aromatic N) is 2. The van der Waals surface area contributed by atoms with Gasteiger partial charge >= 0.3 is 5.97 Å². The zero-order valence-electron chi connectivity index (χ0n) is 12.3. The zero-order valence-corrected chi connectivity index (χ0v) is 13.9. The number of esters is 1. The lowest BCUT2D eigenvalue weighted by Crippen LogP contribution is -2.27. The van der Waals surface area contributed by atoms with Crippen molar-refractivity contribution in [1.29, 1.82) is 0 Å². The predicted molar refractivity (Wildman–Crippen MR) is 91.0 cm³/mol. The number of benzene rings is 2. The highest BCUT2D eigenvalue weighted by atomic mass is 79.9. The maximum absolute atomic E-state index is 12.8. The fourth-order valence-electron chi connectivity index (χ4n) is 2.29. The van der Waals surface area contributed by atoms with Gasteiger partial charge in [0.1, 0.15) is 0 Å². The van der Waals surface area contributed by atoms with Gasteiger partial charge in [0.15, 0.2) is 0 Å². The summed E-state index contributed by atoms with van der Waals surface area (Å²) in [6, 6.07) is 14.0. The molecule has 3 aromatic rings. The van der Waals surface area contributed by atoms with Crippen molar-refractivity contribution < 1.29 is 9.53 Å². The van der Waals surface area contributed by atoms with Gasteiger partial charge in [0.25, 0.3) is 5.56 Å². The minimum Gasteiger partial charge on any atom is -0.460 e. The van der Waals surface area contributed by atoms with E-state index in [1.165, 1.54) is 4.57 Å². The zero-order chi connectivity index (χ0) is 16.4. The lowest BCUT2D eigenvalue weighted by molar-refractivity contribution is 0.0508. The number of ether oxygens (including phenoxy) is 1. The fraction of sp³-hybridized carbons (Fsp3) is 0.118. The van der Waals surface area contributed by atoms with Crippen molar-refractivity contribution in [2.24, 2.45) is 0 Å². The Hall–Kier alpha value is -2.47. The molecule has 0 radical (unpaired) electrons. The van der Waals surface area contributed by atoms with Gasteiger partial charge in [-0.05, 0) is 43.3 Å². The van der Waals surface area contributed by atoms with E-state index in [-0.39, 0.29) is 18.0 Å². The maximum Gasteiger partial charge on any atom is 0.375 e. The summed E-state index contributed by atoms with van der Waals surface area (Å²) in [5.74, 6) is -0.656. The average molecular weight is 373 g/mol. The molecule has 2 aromatic carbocycles. The molecule has 23 heavy (non-hydrogen) atoms. The first kappa shape index (κ1) is 15.4. The number of fused-ring (bicyclic) bond motifs is 1. The minimum atomic E-state index is -0.627. The van der Waals surface area contributed by atoms with Crippen LogP contribution in [-0.2, 0) is 4.74 Å². The third kappa shape index (κ3) is 2.90. The molecule has 6 heteroatoms. The summed E-state index contributed by atoms with van der Waals surface area (Å²) in [4.78, 5) is 29.4. The summed E-state index contributed by atoms with van der Waals surface area (Å²) in [5.41, 5.74) is 0.717. The molecule has 0 amide bonds. The van der Waals surface area contributed by atoms with Crippen LogP contribution in [0.3, 0.4) is 0 Å². The average Bonchev–Trinajstić information content (AvgIpc) is 2.56. The van der Waals surface area contributed by atoms with Gasteiger partial charge < -0.3 is 4.74 Å². The molecule has 0 saturated carbocycles. The standard InChI is InChI=1S/C17H13BrN2O3/c1-2-23-17(22)15-19-14-6-4-3-5-13(14)16(21)20(15)12-9-7-11(18)8-10-12/h3-10H,2H2,1H3. The molecule has 0 atom stereocenters. The van der Waals surface area contributed by atoms with Crippen LogP contribution in [0.1, 0.15) is 17.5 Å². The summed E-state index contributed by atoms with van der Waals surface area (Å²) < 4.78 is 7.21. The van der Waals surface area contributed by atoms with Gasteiger partial charge in [-0.15, -0.1) is 0 Å². The minimum absolute atomic E-state index is 0.0297. The number of halogens is 1. The number of aromatic nitrogens is 2. The van der Waals surface area contributed by atoms with Crippen LogP contribution in [0, 0.1) is 0 Å². The third-order valence-electron chi connectivity index (χ3n) is 3.32. The van der Waals surface area contributed by atoms with Gasteiger partial charge in [-0.2, -0.15) is 0 Å². The Balaban J connectivity index is 2.34. The quantitative estimate of drug-likeness (QED) is 0.661. The van der Waals surface area contributed by atoms with Crippen molar-refractivity contribution in [2.45, 2.75) is 6.92 Å². The largest absolute Gasteiger partial charge is 0.460 e. The molecule has 0 aliphatic carbocycles. The molecule has 0 aliphatic rings. The number of carbonyl (C=O) groups excluding carboxylic acids is 1. The highest BCUT2D eigenvalue weighted by molar-refractivity contribution is 9.10. The van der Waals surface area contributed by atoms with E-state index >= 15 is 0 Å². The summed E-state index contributed by atoms with van der Waals surface area (Å²) in [6.45, 7) is 1.92. The van der Waals surface area contributed by atoms with E-state index in [2.05, 4.69) is 20.9 Å². The van der Waals surface area contributed by atoms with Crippen molar-refractivity contribution in [3.63, 3.8) is 0 Å². The highest BCUT2D eigenvalue weighted by Crippen LogP contribution is 2.16. The fourth-order valence-corrected chi connectivity index (χ4v) is 2.56. The van der Waals surface area contributed by atoms with Gasteiger partial charge in [0, 0.05) is 4.47 Å². The Morgan fingerprint density at radius 1 is 1.17 bits per heavy atom. The molecule has 0 aliphatic heterocycles. The van der Waals surface area contributed by atoms with E-state index < -0.39 is 5.97 Å². The van der Waals surface area contributed by atoms with E-state index in [1.54, 1.807) is 55.5 Å². The summed E-state index contributed by atoms with van der Waals surface area (Å²) in [6.07, 6.45) is 0. The van der Waals surface area contributed by atoms with Crippen LogP contribution in [0.2, 0.25) is 0 Å². The molecule has 0 bridgehead atoms. The predicted octanol–water partition coefficient (Wildman–Crippen LogP) is 3.32. The Morgan fingerprint density at radius 3 is 2.57 bits per heavy atom. The molecule has 0 N–H and O–H groups in total. The van der Waals surface area contributed by atoms with Crippen LogP contribution in [0.15, 0.2) is 57.8 Å². The SMILES string of the molecule is CCOC(=O)c1nc2ccccc2c(=O)n1-c1ccc(Br)cc1. The van der Waals surface area contributed by atoms with E-state index in [1.807, 2.05) is 0 Å². The Morgan fingerprint density at radius 2 is 1.87 bits per heavy atom. The summed E-state index contributed by atoms with van der Waals surface area (Å²) in [5, 5.41) is 0.448. The first-order valence-electron chi connectivity index (χ1n) is 7.06. The number of hydrogen-bond acceptors (Lipinski definition) is 4. The molecular weight excluding hydrogens is 360 g/mol. The maximum atomic E-state index is 12.8. The van der Waals surface area contributed by atoms with Gasteiger partial charge in [0.05, 0.1) is 23.2 Å². The molecule has 1 aromatic heterocycles. The van der Waals surface area contributed by atoms with E-state index in [0.717, 1.165) is 4.47 Å². The second kappa shape index (κ2) is 6.34. The molecule has 116 valence electrons. The number of para-hydroxylation sites is 1. The molecule has 3 rings (SSSR count). The number of rotatable bonds is 3. The van der Waals surface area contributed by atoms with Crippen LogP contribution in [-0.4, -0.2) is 22.1 Å². The molecule has 0 saturated heterocycles. The topological polar surface area (TPSA) is 61.2 Å². The second-order valence-electron chi connectivity index (χ2n) is 4.79. The van der Waals surface area contributed by atoms with Gasteiger partial charge in [-0.25, -0.2) is 9.78 Å². The van der Waals surface area contributed by atoms with Crippen LogP contribution < -0.4 is 5.56 Å². The van der Waals surface area contributed by atoms with Crippen LogP contribution in [0.5, 0.6) is 0 Å². The molecule has 0 unspecified atom stereocenters. The Labute approximate surface area is 140 Å². The smallest absolute Gasteiger partial charge is 0.375 e. The molecule has 1 heterocycles. The van der Waals surface area contributed by atoms with Gasteiger partial charge in [0.2, 0.25) is 5.82 Å². The molecular formula is C17H13BrN2O3. The van der Waals surface area contributed by atoms with Crippen LogP contribution >= 0.6 is 15.9 Å². The van der Waals surface area contributed by atoms with Crippen molar-refractivity contribution in [3.8, 4) is 5.69 Å². The van der Waals surface area contributed by atoms with Crippen LogP contribution in [0.4, 0.5) is 0 Å². The third-order valence-corrected chi connectivity index (χ3v) is 3.85. The molecule has 0 fully saturated rings. The monoisotopic (exact) mass is 372 g/mol. The molecule has 0 spiro atoms. The first-order valence-corrected chi connectivity index (χ1v) is 7.86. The number of carbonyl (C=O) groups is 1. The first-order chi connectivity index (χ1) is 11.1. The lowest BCUT2D eigenvalue weighted by Gasteiger charge is -2.12. The van der Waals surface area contributed by atoms with Crippen LogP contribution in [0.25, 0.3) is 16.6 Å². The van der Waals surface area contributed by atoms with E-state index in [0.29, 0.717) is 16.6 Å². The van der Waals surface area contributed by atoms with Crippen molar-refractivity contribution in [1.82, 2.24) is 9.55 Å². The van der Waals surface area contributed by atoms with Crippen molar-refractivity contribution in [2.75, 3.05) is 6.61 Å². The van der Waals surface area contributed by atoms with Gasteiger partial charge in [-0.3, -0.25) is 9.36 Å². The van der Waals surface area contributed by atoms with E-state index in [4.69, 9.17) is 4.74 Å². The second-order valence-corrected chi connectivity index (χ2v) is 5.71. The lowest BCUT2D eigenvalue weighted by atomic mass is 10.2. The Bertz CT molecular complexity index is 933. The number of hydrogen-bond donors (Lipinski definition) is 0.